The molecule has 2 nitrogen and oxygen atoms in total. The second-order valence-electron chi connectivity index (χ2n) is 3.09. The van der Waals surface area contributed by atoms with Crippen LogP contribution in [0, 0.1) is 5.92 Å². The number of hydrogen-bond acceptors (Lipinski definition) is 1. The lowest BCUT2D eigenvalue weighted by molar-refractivity contribution is -0.133. The highest BCUT2D eigenvalue weighted by Gasteiger charge is 2.13. The van der Waals surface area contributed by atoms with Crippen LogP contribution in [0.5, 0.6) is 0 Å². The van der Waals surface area contributed by atoms with E-state index in [0.29, 0.717) is 5.57 Å². The Morgan fingerprint density at radius 3 is 2.50 bits per heavy atom. The fraction of sp³-hybridized carbons (Fsp3) is 0.700. The van der Waals surface area contributed by atoms with Crippen LogP contribution in [0.1, 0.15) is 40.0 Å². The first-order chi connectivity index (χ1) is 5.63. The van der Waals surface area contributed by atoms with Crippen LogP contribution in [0.15, 0.2) is 11.6 Å². The monoisotopic (exact) mass is 170 g/mol. The summed E-state index contributed by atoms with van der Waals surface area (Å²) in [5.74, 6) is -0.589. The Bertz CT molecular complexity index is 171. The van der Waals surface area contributed by atoms with Crippen LogP contribution in [0.25, 0.3) is 0 Å². The van der Waals surface area contributed by atoms with Gasteiger partial charge >= 0.3 is 5.97 Å². The molecule has 0 saturated heterocycles. The van der Waals surface area contributed by atoms with Gasteiger partial charge in [-0.05, 0) is 19.3 Å². The third-order valence-corrected chi connectivity index (χ3v) is 2.08. The highest BCUT2D eigenvalue weighted by Crippen LogP contribution is 2.17. The van der Waals surface area contributed by atoms with E-state index >= 15 is 0 Å². The molecule has 0 bridgehead atoms. The zero-order chi connectivity index (χ0) is 9.56. The maximum atomic E-state index is 10.7. The summed E-state index contributed by atoms with van der Waals surface area (Å²) in [5, 5.41) is 8.77. The van der Waals surface area contributed by atoms with E-state index in [1.807, 2.05) is 6.92 Å². The smallest absolute Gasteiger partial charge is 0.331 e. The molecule has 0 heterocycles. The topological polar surface area (TPSA) is 37.3 Å². The number of rotatable bonds is 5. The fourth-order valence-electron chi connectivity index (χ4n) is 1.28. The van der Waals surface area contributed by atoms with Crippen LogP contribution in [0.4, 0.5) is 0 Å². The van der Waals surface area contributed by atoms with Crippen molar-refractivity contribution in [3.63, 3.8) is 0 Å². The van der Waals surface area contributed by atoms with E-state index in [4.69, 9.17) is 5.11 Å². The van der Waals surface area contributed by atoms with Crippen molar-refractivity contribution in [2.24, 2.45) is 5.92 Å². The SMILES string of the molecule is CC=C(C(=O)O)C(C)CCCC. The van der Waals surface area contributed by atoms with E-state index in [1.165, 1.54) is 0 Å². The summed E-state index contributed by atoms with van der Waals surface area (Å²) < 4.78 is 0. The van der Waals surface area contributed by atoms with E-state index in [-0.39, 0.29) is 5.92 Å². The van der Waals surface area contributed by atoms with Crippen molar-refractivity contribution < 1.29 is 9.90 Å². The molecule has 70 valence electrons. The second kappa shape index (κ2) is 5.81. The second-order valence-corrected chi connectivity index (χ2v) is 3.09. The summed E-state index contributed by atoms with van der Waals surface area (Å²) in [4.78, 5) is 10.7. The minimum absolute atomic E-state index is 0.187. The van der Waals surface area contributed by atoms with Crippen LogP contribution in [-0.2, 0) is 4.79 Å². The van der Waals surface area contributed by atoms with Crippen molar-refractivity contribution in [1.82, 2.24) is 0 Å². The maximum Gasteiger partial charge on any atom is 0.331 e. The van der Waals surface area contributed by atoms with Gasteiger partial charge in [0.2, 0.25) is 0 Å². The lowest BCUT2D eigenvalue weighted by atomic mass is 9.95. The first-order valence-corrected chi connectivity index (χ1v) is 4.53. The average molecular weight is 170 g/mol. The molecule has 0 radical (unpaired) electrons. The minimum Gasteiger partial charge on any atom is -0.478 e. The Hall–Kier alpha value is -0.790. The van der Waals surface area contributed by atoms with Crippen molar-refractivity contribution in [3.05, 3.63) is 11.6 Å². The molecule has 0 aromatic rings. The molecule has 0 aromatic carbocycles. The minimum atomic E-state index is -0.777. The molecule has 0 fully saturated rings. The number of allylic oxidation sites excluding steroid dienone is 1. The van der Waals surface area contributed by atoms with Gasteiger partial charge in [-0.1, -0.05) is 32.8 Å². The Balaban J connectivity index is 4.05. The largest absolute Gasteiger partial charge is 0.478 e. The number of carboxylic acids is 1. The van der Waals surface area contributed by atoms with E-state index in [1.54, 1.807) is 13.0 Å². The molecule has 0 saturated carbocycles. The predicted octanol–water partition coefficient (Wildman–Crippen LogP) is 2.84. The van der Waals surface area contributed by atoms with Crippen molar-refractivity contribution in [2.75, 3.05) is 0 Å². The van der Waals surface area contributed by atoms with Crippen molar-refractivity contribution in [3.8, 4) is 0 Å². The Morgan fingerprint density at radius 2 is 2.17 bits per heavy atom. The van der Waals surface area contributed by atoms with Crippen molar-refractivity contribution in [1.29, 1.82) is 0 Å². The van der Waals surface area contributed by atoms with Gasteiger partial charge < -0.3 is 5.11 Å². The molecule has 1 N–H and O–H groups in total. The van der Waals surface area contributed by atoms with Crippen molar-refractivity contribution >= 4 is 5.97 Å². The number of unbranched alkanes of at least 4 members (excludes halogenated alkanes) is 1. The van der Waals surface area contributed by atoms with Crippen LogP contribution < -0.4 is 0 Å². The van der Waals surface area contributed by atoms with Gasteiger partial charge in [-0.2, -0.15) is 0 Å². The van der Waals surface area contributed by atoms with Gasteiger partial charge in [0.25, 0.3) is 0 Å². The number of carbonyl (C=O) groups is 1. The lowest BCUT2D eigenvalue weighted by Crippen LogP contribution is -2.09. The Labute approximate surface area is 74.3 Å². The van der Waals surface area contributed by atoms with Crippen LogP contribution in [0.3, 0.4) is 0 Å². The van der Waals surface area contributed by atoms with Crippen molar-refractivity contribution in [2.45, 2.75) is 40.0 Å². The third kappa shape index (κ3) is 3.56. The standard InChI is InChI=1S/C10H18O2/c1-4-6-7-8(3)9(5-2)10(11)12/h5,8H,4,6-7H2,1-3H3,(H,11,12). The lowest BCUT2D eigenvalue weighted by Gasteiger charge is -2.10. The molecule has 0 rings (SSSR count). The zero-order valence-corrected chi connectivity index (χ0v) is 8.13. The predicted molar refractivity (Wildman–Crippen MR) is 50.1 cm³/mol. The highest BCUT2D eigenvalue weighted by atomic mass is 16.4. The third-order valence-electron chi connectivity index (χ3n) is 2.08. The number of aliphatic carboxylic acids is 1. The van der Waals surface area contributed by atoms with Gasteiger partial charge in [-0.3, -0.25) is 0 Å². The summed E-state index contributed by atoms with van der Waals surface area (Å²) in [7, 11) is 0. The molecule has 0 amide bonds. The molecule has 0 aromatic heterocycles. The quantitative estimate of drug-likeness (QED) is 0.644. The van der Waals surface area contributed by atoms with Gasteiger partial charge in [0.05, 0.1) is 0 Å². The number of hydrogen-bond donors (Lipinski definition) is 1. The van der Waals surface area contributed by atoms with Gasteiger partial charge in [-0.15, -0.1) is 0 Å². The fourth-order valence-corrected chi connectivity index (χ4v) is 1.28. The summed E-state index contributed by atoms with van der Waals surface area (Å²) >= 11 is 0. The average Bonchev–Trinajstić information content (AvgIpc) is 2.01. The van der Waals surface area contributed by atoms with E-state index in [2.05, 4.69) is 6.92 Å². The summed E-state index contributed by atoms with van der Waals surface area (Å²) in [6.45, 7) is 5.87. The highest BCUT2D eigenvalue weighted by molar-refractivity contribution is 5.86. The Kier molecular flexibility index (Phi) is 5.43. The van der Waals surface area contributed by atoms with E-state index < -0.39 is 5.97 Å². The molecule has 0 aliphatic carbocycles. The molecular formula is C10H18O2. The van der Waals surface area contributed by atoms with Gasteiger partial charge in [-0.25, -0.2) is 4.79 Å². The first-order valence-electron chi connectivity index (χ1n) is 4.53. The molecular weight excluding hydrogens is 152 g/mol. The summed E-state index contributed by atoms with van der Waals surface area (Å²) in [6.07, 6.45) is 4.90. The van der Waals surface area contributed by atoms with E-state index in [9.17, 15) is 4.79 Å². The van der Waals surface area contributed by atoms with Gasteiger partial charge in [0.15, 0.2) is 0 Å². The van der Waals surface area contributed by atoms with Gasteiger partial charge in [0.1, 0.15) is 0 Å². The Morgan fingerprint density at radius 1 is 1.58 bits per heavy atom. The molecule has 0 aliphatic rings. The summed E-state index contributed by atoms with van der Waals surface area (Å²) in [5.41, 5.74) is 0.545. The normalized spacial score (nSPS) is 14.4. The molecule has 12 heavy (non-hydrogen) atoms. The van der Waals surface area contributed by atoms with Crippen LogP contribution >= 0.6 is 0 Å². The van der Waals surface area contributed by atoms with E-state index in [0.717, 1.165) is 19.3 Å². The maximum absolute atomic E-state index is 10.7. The molecule has 0 aliphatic heterocycles. The van der Waals surface area contributed by atoms with Crippen LogP contribution in [-0.4, -0.2) is 11.1 Å². The molecule has 2 heteroatoms. The van der Waals surface area contributed by atoms with Crippen LogP contribution in [0.2, 0.25) is 0 Å². The first kappa shape index (κ1) is 11.2. The van der Waals surface area contributed by atoms with Gasteiger partial charge in [0, 0.05) is 5.57 Å². The molecule has 1 atom stereocenters. The summed E-state index contributed by atoms with van der Waals surface area (Å²) in [6, 6.07) is 0. The number of carboxylic acid groups (broad SMARTS) is 1. The molecule has 0 spiro atoms. The molecule has 1 unspecified atom stereocenters. The zero-order valence-electron chi connectivity index (χ0n) is 8.13.